The first kappa shape index (κ1) is 85.9. The van der Waals surface area contributed by atoms with Gasteiger partial charge in [0.25, 0.3) is 0 Å². The number of hydrogen-bond donors (Lipinski definition) is 0. The van der Waals surface area contributed by atoms with Crippen molar-refractivity contribution in [1.29, 1.82) is 0 Å². The summed E-state index contributed by atoms with van der Waals surface area (Å²) in [4.78, 5) is 3.67. The van der Waals surface area contributed by atoms with Crippen LogP contribution in [-0.2, 0) is 33.6 Å². The molecule has 17 aromatic rings. The van der Waals surface area contributed by atoms with Gasteiger partial charge in [-0.1, -0.05) is 87.5 Å². The fraction of sp³-hybridized carbons (Fsp3) is 0.198. The van der Waals surface area contributed by atoms with Crippen LogP contribution in [0.5, 0.6) is 0 Å². The van der Waals surface area contributed by atoms with E-state index < -0.39 is 0 Å². The molecule has 0 amide bonds. The number of nitrogens with zero attached hydrogens (tertiary/aromatic N) is 11. The molecular weight excluding hydrogens is 1490 g/mol. The number of aromatic nitrogens is 10. The van der Waals surface area contributed by atoms with Crippen molar-refractivity contribution in [3.8, 4) is 79.2 Å². The van der Waals surface area contributed by atoms with Gasteiger partial charge < -0.3 is 0 Å². The molecule has 0 N–H and O–H groups in total. The number of aryl methyl sites for hydroxylation is 13. The first-order valence-corrected chi connectivity index (χ1v) is 42.1. The Morgan fingerprint density at radius 3 is 1.12 bits per heavy atom. The van der Waals surface area contributed by atoms with E-state index in [1.54, 1.807) is 0 Å². The summed E-state index contributed by atoms with van der Waals surface area (Å²) >= 11 is 0. The third-order valence-corrected chi connectivity index (χ3v) is 23.7. The lowest BCUT2D eigenvalue weighted by atomic mass is 9.84. The van der Waals surface area contributed by atoms with Crippen LogP contribution in [0.3, 0.4) is 0 Å². The minimum atomic E-state index is 0.0911. The number of pyridine rings is 10. The number of hydrogen-bond acceptors (Lipinski definition) is 0. The van der Waals surface area contributed by atoms with Gasteiger partial charge in [-0.25, -0.2) is 23.1 Å². The Labute approximate surface area is 723 Å². The lowest BCUT2D eigenvalue weighted by molar-refractivity contribution is -0.660. The average Bonchev–Trinajstić information content (AvgIpc) is 0.747. The van der Waals surface area contributed by atoms with E-state index in [0.29, 0.717) is 5.69 Å². The fourth-order valence-corrected chi connectivity index (χ4v) is 16.9. The monoisotopic (exact) mass is 1600 g/mol. The minimum Gasteiger partial charge on any atom is -0.238 e. The van der Waals surface area contributed by atoms with Gasteiger partial charge in [-0.3, -0.25) is 0 Å². The summed E-state index contributed by atoms with van der Waals surface area (Å²) in [6, 6.07) is 93.8. The first-order chi connectivity index (χ1) is 58.6. The maximum absolute atomic E-state index is 7.45. The number of fused-ring (bicyclic) bond motifs is 2. The molecule has 7 aromatic carbocycles. The summed E-state index contributed by atoms with van der Waals surface area (Å²) in [6.07, 6.45) is 21.2. The first-order valence-electron chi connectivity index (χ1n) is 42.1. The number of rotatable bonds is 10. The van der Waals surface area contributed by atoms with E-state index in [2.05, 4.69) is 469 Å². The van der Waals surface area contributed by atoms with Crippen LogP contribution in [0.2, 0.25) is 0 Å². The normalized spacial score (nSPS) is 11.0. The summed E-state index contributed by atoms with van der Waals surface area (Å²) in [5.74, 6) is 0. The van der Waals surface area contributed by atoms with Gasteiger partial charge in [0, 0.05) is 225 Å². The molecule has 0 unspecified atom stereocenters. The topological polar surface area (TPSA) is 43.2 Å². The van der Waals surface area contributed by atoms with E-state index >= 15 is 0 Å². The van der Waals surface area contributed by atoms with Crippen LogP contribution in [-0.4, -0.2) is 0 Å². The molecule has 11 heteroatoms. The van der Waals surface area contributed by atoms with E-state index in [0.717, 1.165) is 22.6 Å². The highest BCUT2D eigenvalue weighted by Gasteiger charge is 2.31. The lowest BCUT2D eigenvalue weighted by Gasteiger charge is -2.21. The van der Waals surface area contributed by atoms with E-state index in [-0.39, 0.29) is 5.41 Å². The third-order valence-electron chi connectivity index (χ3n) is 23.7. The van der Waals surface area contributed by atoms with Crippen LogP contribution >= 0.6 is 0 Å². The Morgan fingerprint density at radius 1 is 0.270 bits per heavy atom. The molecule has 11 nitrogen and oxygen atoms in total. The zero-order valence-corrected chi connectivity index (χ0v) is 75.1. The van der Waals surface area contributed by atoms with Gasteiger partial charge >= 0.3 is 0 Å². The van der Waals surface area contributed by atoms with Crippen molar-refractivity contribution in [3.63, 3.8) is 0 Å². The molecule has 0 aliphatic rings. The molecule has 0 aliphatic carbocycles. The molecule has 0 atom stereocenters. The molecule has 0 radical (unpaired) electrons. The number of benzene rings is 7. The quantitative estimate of drug-likeness (QED) is 0.0968. The SMILES string of the molecule is Cc1c(-c2cccc[n+]2C)cc(C(C)(C)C)cc1-[n+]1ccccc1C.Cc1c(-c2cccc[n+]2C)cccc1-[n+]1ccccc1C.Cc1cc(-c2cccc[n+]2C)c(C)c(-[n+]2ccccc2C)c1.Cc1cc(C)c(-[n+]2ccc3ccccc3c2C)c(C)c1-[n+]1cc2ccccc2cc1C.[C-]#[N+]c1cc(-c2cccc[n+]2C)c(C)c(-[n+]2ccccc2C)c1. The Hall–Kier alpha value is -14.0. The van der Waals surface area contributed by atoms with Gasteiger partial charge in [-0.15, -0.1) is 0 Å². The van der Waals surface area contributed by atoms with Gasteiger partial charge in [-0.2, -0.15) is 27.4 Å². The van der Waals surface area contributed by atoms with Gasteiger partial charge in [0.15, 0.2) is 102 Å². The molecule has 0 aliphatic heterocycles. The highest BCUT2D eigenvalue weighted by atomic mass is 15.0. The predicted molar refractivity (Wildman–Crippen MR) is 494 cm³/mol. The van der Waals surface area contributed by atoms with Crippen LogP contribution < -0.4 is 45.7 Å². The standard InChI is InChI=1S/C29H28N2.C23H28N2.C20H19N3.C20H22N2.C19H20N2/c1-19-16-20(2)29(31-18-26-12-7-6-11-25(26)17-21(31)3)22(4)28(19)30-15-14-24-10-8-9-13-27(24)23(30)5;1-17-11-7-10-14-25(17)22-16-19(23(3,4)5)15-20(18(22)2)21-12-8-9-13-24(21)6;1-15-9-5-8-12-23(15)20-14-17(21-3)13-18(16(20)2)19-10-6-7-11-22(19)4;1-15-13-18(19-10-6-7-11-21(19)4)17(3)20(14-15)22-12-8-5-9-16(22)2;1-15-9-4-7-14-21(15)18-12-8-10-17(16(18)2)19-11-5-6-13-20(19)3/h6-18H,1-5H3;7-16H,1-6H3;5-14H,1-2,4H3;5-14H,1-4H3;4-14H,1-3H3/q5*+2. The largest absolute Gasteiger partial charge is 0.238 e. The molecule has 10 aromatic heterocycles. The van der Waals surface area contributed by atoms with Crippen molar-refractivity contribution in [1.82, 2.24) is 0 Å². The second-order valence-electron chi connectivity index (χ2n) is 33.3. The summed E-state index contributed by atoms with van der Waals surface area (Å²) in [5, 5.41) is 5.10. The zero-order valence-electron chi connectivity index (χ0n) is 75.1. The summed E-state index contributed by atoms with van der Waals surface area (Å²) in [7, 11) is 8.32. The molecule has 0 saturated heterocycles. The van der Waals surface area contributed by atoms with Gasteiger partial charge in [0.1, 0.15) is 28.2 Å². The summed E-state index contributed by atoms with van der Waals surface area (Å²) in [6.45, 7) is 44.8. The summed E-state index contributed by atoms with van der Waals surface area (Å²) < 4.78 is 22.2. The Bertz CT molecular complexity index is 6520. The second kappa shape index (κ2) is 37.6. The van der Waals surface area contributed by atoms with E-state index in [1.165, 1.54) is 162 Å². The fourth-order valence-electron chi connectivity index (χ4n) is 16.9. The zero-order chi connectivity index (χ0) is 86.8. The van der Waals surface area contributed by atoms with Crippen LogP contribution in [0.1, 0.15) is 105 Å². The molecule has 10 heterocycles. The van der Waals surface area contributed by atoms with Crippen molar-refractivity contribution in [2.24, 2.45) is 28.2 Å². The molecule has 0 saturated carbocycles. The molecule has 122 heavy (non-hydrogen) atoms. The lowest BCUT2D eigenvalue weighted by Crippen LogP contribution is -2.40. The summed E-state index contributed by atoms with van der Waals surface area (Å²) in [5.41, 5.74) is 36.7. The molecule has 0 bridgehead atoms. The third kappa shape index (κ3) is 18.6. The van der Waals surface area contributed by atoms with Gasteiger partial charge in [0.05, 0.1) is 28.8 Å². The van der Waals surface area contributed by atoms with Gasteiger partial charge in [0.2, 0.25) is 56.9 Å². The highest BCUT2D eigenvalue weighted by Crippen LogP contribution is 2.35. The molecule has 0 fully saturated rings. The van der Waals surface area contributed by atoms with Crippen LogP contribution in [0.4, 0.5) is 5.69 Å². The van der Waals surface area contributed by atoms with Crippen molar-refractivity contribution in [2.75, 3.05) is 0 Å². The van der Waals surface area contributed by atoms with Crippen molar-refractivity contribution in [2.45, 2.75) is 123 Å². The van der Waals surface area contributed by atoms with Crippen LogP contribution in [0, 0.1) is 104 Å². The molecular formula is C111H117N11+10. The van der Waals surface area contributed by atoms with E-state index in [9.17, 15) is 0 Å². The second-order valence-corrected chi connectivity index (χ2v) is 33.3. The smallest absolute Gasteiger partial charge is 0.223 e. The highest BCUT2D eigenvalue weighted by molar-refractivity contribution is 5.84. The van der Waals surface area contributed by atoms with Crippen LogP contribution in [0.25, 0.3) is 106 Å². The van der Waals surface area contributed by atoms with Gasteiger partial charge in [-0.05, 0) is 149 Å². The van der Waals surface area contributed by atoms with Crippen molar-refractivity contribution in [3.05, 3.63) is 425 Å². The average molecular weight is 1610 g/mol. The van der Waals surface area contributed by atoms with Crippen LogP contribution in [0.15, 0.2) is 329 Å². The maximum atomic E-state index is 7.45. The molecule has 606 valence electrons. The Kier molecular flexibility index (Phi) is 26.4. The Morgan fingerprint density at radius 2 is 0.656 bits per heavy atom. The Balaban J connectivity index is 0.000000132. The van der Waals surface area contributed by atoms with E-state index in [1.807, 2.05) is 55.8 Å². The molecule has 0 spiro atoms. The van der Waals surface area contributed by atoms with E-state index in [4.69, 9.17) is 6.57 Å². The predicted octanol–water partition coefficient (Wildman–Crippen LogP) is 20.5. The van der Waals surface area contributed by atoms with Crippen molar-refractivity contribution < 1.29 is 45.7 Å². The minimum absolute atomic E-state index is 0.0911. The molecule has 17 rings (SSSR count). The maximum Gasteiger partial charge on any atom is 0.223 e. The van der Waals surface area contributed by atoms with Crippen molar-refractivity contribution >= 4 is 27.2 Å².